The van der Waals surface area contributed by atoms with Crippen LogP contribution in [-0.2, 0) is 25.4 Å². The number of likely N-dealkylation sites (tertiary alicyclic amines) is 2. The normalized spacial score (nSPS) is 24.3. The second kappa shape index (κ2) is 14.0. The number of amides is 2. The molecule has 0 bridgehead atoms. The molecule has 4 atom stereocenters. The van der Waals surface area contributed by atoms with Crippen molar-refractivity contribution in [1.82, 2.24) is 9.80 Å². The van der Waals surface area contributed by atoms with Crippen LogP contribution in [0.25, 0.3) is 0 Å². The third-order valence-electron chi connectivity index (χ3n) is 8.27. The van der Waals surface area contributed by atoms with Crippen LogP contribution in [0.2, 0.25) is 0 Å². The Morgan fingerprint density at radius 1 is 1.07 bits per heavy atom. The first kappa shape index (κ1) is 34.3. The number of carbonyl (C=O) groups is 3. The Morgan fingerprint density at radius 2 is 1.74 bits per heavy atom. The molecule has 0 aliphatic carbocycles. The van der Waals surface area contributed by atoms with Gasteiger partial charge in [-0.15, -0.1) is 13.2 Å². The lowest BCUT2D eigenvalue weighted by Gasteiger charge is -2.48. The minimum Gasteiger partial charge on any atom is -0.469 e. The summed E-state index contributed by atoms with van der Waals surface area (Å²) in [6, 6.07) is 0.920. The van der Waals surface area contributed by atoms with Crippen molar-refractivity contribution >= 4 is 18.2 Å². The van der Waals surface area contributed by atoms with Gasteiger partial charge in [-0.3, -0.25) is 9.69 Å². The number of nitrogens with zero attached hydrogens (tertiary/aromatic N) is 2. The maximum atomic E-state index is 14.7. The third kappa shape index (κ3) is 8.45. The summed E-state index contributed by atoms with van der Waals surface area (Å²) in [6.45, 7) is 21.4. The monoisotopic (exact) mass is 600 g/mol. The van der Waals surface area contributed by atoms with E-state index >= 15 is 0 Å². The molecule has 0 saturated carbocycles. The Hall–Kier alpha value is -3.23. The molecule has 9 nitrogen and oxygen atoms in total. The summed E-state index contributed by atoms with van der Waals surface area (Å²) in [5, 5.41) is 0. The van der Waals surface area contributed by atoms with E-state index in [-0.39, 0.29) is 18.4 Å². The number of aryl methyl sites for hydroxylation is 1. The van der Waals surface area contributed by atoms with Crippen molar-refractivity contribution in [2.24, 2.45) is 5.41 Å². The predicted molar refractivity (Wildman–Crippen MR) is 166 cm³/mol. The molecule has 2 aliphatic rings. The van der Waals surface area contributed by atoms with E-state index in [1.807, 2.05) is 50.8 Å². The van der Waals surface area contributed by atoms with Gasteiger partial charge >= 0.3 is 12.2 Å². The molecule has 43 heavy (non-hydrogen) atoms. The van der Waals surface area contributed by atoms with Crippen LogP contribution in [0.15, 0.2) is 42.1 Å². The second-order valence-corrected chi connectivity index (χ2v) is 13.8. The fraction of sp³-hybridized carbons (Fsp3) is 0.676. The van der Waals surface area contributed by atoms with E-state index in [4.69, 9.17) is 18.6 Å². The highest BCUT2D eigenvalue weighted by Crippen LogP contribution is 2.55. The first-order chi connectivity index (χ1) is 20.1. The van der Waals surface area contributed by atoms with Crippen LogP contribution >= 0.6 is 0 Å². The molecule has 1 aromatic rings. The molecule has 2 fully saturated rings. The maximum Gasteiger partial charge on any atom is 0.508 e. The minimum absolute atomic E-state index is 0.0111. The van der Waals surface area contributed by atoms with E-state index in [9.17, 15) is 14.4 Å². The van der Waals surface area contributed by atoms with Gasteiger partial charge in [-0.05, 0) is 98.6 Å². The number of allylic oxidation sites excluding steroid dienone is 2. The van der Waals surface area contributed by atoms with Gasteiger partial charge in [0.05, 0.1) is 17.7 Å². The molecule has 0 N–H and O–H groups in total. The van der Waals surface area contributed by atoms with Gasteiger partial charge in [0, 0.05) is 31.5 Å². The molecule has 0 radical (unpaired) electrons. The van der Waals surface area contributed by atoms with Crippen LogP contribution in [-0.4, -0.2) is 70.9 Å². The van der Waals surface area contributed by atoms with Gasteiger partial charge in [-0.2, -0.15) is 0 Å². The van der Waals surface area contributed by atoms with E-state index in [0.717, 1.165) is 49.8 Å². The van der Waals surface area contributed by atoms with Gasteiger partial charge < -0.3 is 23.5 Å². The van der Waals surface area contributed by atoms with Crippen LogP contribution in [0, 0.1) is 5.41 Å². The van der Waals surface area contributed by atoms with Crippen molar-refractivity contribution in [3.63, 3.8) is 0 Å². The zero-order chi connectivity index (χ0) is 32.0. The van der Waals surface area contributed by atoms with Crippen LogP contribution in [0.1, 0.15) is 104 Å². The van der Waals surface area contributed by atoms with E-state index in [0.29, 0.717) is 19.5 Å². The van der Waals surface area contributed by atoms with Crippen LogP contribution in [0.4, 0.5) is 9.59 Å². The van der Waals surface area contributed by atoms with Gasteiger partial charge in [-0.1, -0.05) is 12.2 Å². The maximum absolute atomic E-state index is 14.7. The standard InChI is InChI=1S/C34H52N2O7/c1-10-12-14-15-18-35-19-17-28(25-20-27(40-22-25)16-13-11-2)34(29(35)37)21-26(23-41-31(39)43-33(7,8)9)36(24(34)3)30(38)42-32(4,5)6/h10-11,20,22,24,26,28H,1-2,12-19,21,23H2,3-9H3. The van der Waals surface area contributed by atoms with Gasteiger partial charge in [0.15, 0.2) is 0 Å². The summed E-state index contributed by atoms with van der Waals surface area (Å²) in [5.74, 6) is 0.651. The molecular weight excluding hydrogens is 548 g/mol. The Morgan fingerprint density at radius 3 is 2.37 bits per heavy atom. The molecule has 3 rings (SSSR count). The molecule has 0 aromatic carbocycles. The van der Waals surface area contributed by atoms with Gasteiger partial charge in [0.25, 0.3) is 0 Å². The van der Waals surface area contributed by atoms with Crippen molar-refractivity contribution in [3.05, 3.63) is 49.0 Å². The van der Waals surface area contributed by atoms with Crippen molar-refractivity contribution < 1.29 is 33.0 Å². The Balaban J connectivity index is 2.02. The molecule has 2 aliphatic heterocycles. The second-order valence-electron chi connectivity index (χ2n) is 13.8. The Kier molecular flexibility index (Phi) is 11.2. The summed E-state index contributed by atoms with van der Waals surface area (Å²) >= 11 is 0. The predicted octanol–water partition coefficient (Wildman–Crippen LogP) is 7.41. The summed E-state index contributed by atoms with van der Waals surface area (Å²) in [6.07, 6.45) is 9.40. The van der Waals surface area contributed by atoms with Crippen molar-refractivity contribution in [3.8, 4) is 0 Å². The largest absolute Gasteiger partial charge is 0.508 e. The van der Waals surface area contributed by atoms with Crippen LogP contribution in [0.3, 0.4) is 0 Å². The molecule has 2 amide bonds. The number of hydrogen-bond acceptors (Lipinski definition) is 7. The number of ether oxygens (including phenoxy) is 3. The lowest BCUT2D eigenvalue weighted by molar-refractivity contribution is -0.149. The number of carbonyl (C=O) groups excluding carboxylic acids is 3. The summed E-state index contributed by atoms with van der Waals surface area (Å²) in [4.78, 5) is 44.5. The highest BCUT2D eigenvalue weighted by atomic mass is 16.7. The van der Waals surface area contributed by atoms with E-state index in [1.165, 1.54) is 0 Å². The third-order valence-corrected chi connectivity index (χ3v) is 8.27. The topological polar surface area (TPSA) is 98.5 Å². The number of unbranched alkanes of at least 4 members (excludes halogenated alkanes) is 2. The fourth-order valence-corrected chi connectivity index (χ4v) is 6.44. The molecule has 3 heterocycles. The summed E-state index contributed by atoms with van der Waals surface area (Å²) in [7, 11) is 0. The Bertz CT molecular complexity index is 1140. The van der Waals surface area contributed by atoms with Gasteiger partial charge in [-0.25, -0.2) is 9.59 Å². The molecule has 2 saturated heterocycles. The lowest BCUT2D eigenvalue weighted by Crippen LogP contribution is -2.58. The number of furan rings is 1. The number of rotatable bonds is 11. The zero-order valence-electron chi connectivity index (χ0n) is 27.3. The van der Waals surface area contributed by atoms with Crippen LogP contribution in [0.5, 0.6) is 0 Å². The number of hydrogen-bond donors (Lipinski definition) is 0. The smallest absolute Gasteiger partial charge is 0.469 e. The van der Waals surface area contributed by atoms with E-state index in [2.05, 4.69) is 13.2 Å². The highest BCUT2D eigenvalue weighted by molar-refractivity contribution is 5.87. The molecule has 4 unspecified atom stereocenters. The lowest BCUT2D eigenvalue weighted by atomic mass is 9.63. The van der Waals surface area contributed by atoms with E-state index in [1.54, 1.807) is 31.9 Å². The first-order valence-electron chi connectivity index (χ1n) is 15.6. The van der Waals surface area contributed by atoms with Gasteiger partial charge in [0.2, 0.25) is 5.91 Å². The SMILES string of the molecule is C=CCCCCN1CCC(c2coc(CCC=C)c2)C2(CC(COC(=O)OC(C)(C)C)N(C(=O)OC(C)(C)C)C2C)C1=O. The molecule has 240 valence electrons. The number of piperidine rings is 1. The molecule has 9 heteroatoms. The fourth-order valence-electron chi connectivity index (χ4n) is 6.44. The quantitative estimate of drug-likeness (QED) is 0.148. The molecule has 1 aromatic heterocycles. The van der Waals surface area contributed by atoms with Crippen molar-refractivity contribution in [1.29, 1.82) is 0 Å². The van der Waals surface area contributed by atoms with Crippen molar-refractivity contribution in [2.75, 3.05) is 19.7 Å². The minimum atomic E-state index is -0.963. The molecule has 1 spiro atoms. The highest BCUT2D eigenvalue weighted by Gasteiger charge is 2.63. The molecular formula is C34H52N2O7. The average Bonchev–Trinajstić information content (AvgIpc) is 3.47. The zero-order valence-corrected chi connectivity index (χ0v) is 27.3. The summed E-state index contributed by atoms with van der Waals surface area (Å²) in [5.41, 5.74) is -1.49. The first-order valence-corrected chi connectivity index (χ1v) is 15.6. The van der Waals surface area contributed by atoms with E-state index < -0.39 is 40.9 Å². The van der Waals surface area contributed by atoms with Crippen molar-refractivity contribution in [2.45, 2.75) is 123 Å². The van der Waals surface area contributed by atoms with Crippen LogP contribution < -0.4 is 0 Å². The Labute approximate surface area is 257 Å². The average molecular weight is 601 g/mol. The summed E-state index contributed by atoms with van der Waals surface area (Å²) < 4.78 is 22.7. The van der Waals surface area contributed by atoms with Gasteiger partial charge in [0.1, 0.15) is 23.6 Å².